The summed E-state index contributed by atoms with van der Waals surface area (Å²) in [6.07, 6.45) is 1.62. The van der Waals surface area contributed by atoms with Crippen molar-refractivity contribution in [3.63, 3.8) is 0 Å². The summed E-state index contributed by atoms with van der Waals surface area (Å²) in [6.45, 7) is 4.30. The van der Waals surface area contributed by atoms with Crippen LogP contribution < -0.4 is 15.4 Å². The Morgan fingerprint density at radius 1 is 1.00 bits per heavy atom. The first-order valence-electron chi connectivity index (χ1n) is 8.99. The first-order valence-corrected chi connectivity index (χ1v) is 8.99. The summed E-state index contributed by atoms with van der Waals surface area (Å²) in [5.74, 6) is 1.45. The van der Waals surface area contributed by atoms with Gasteiger partial charge in [-0.25, -0.2) is 0 Å². The molecule has 5 heteroatoms. The van der Waals surface area contributed by atoms with E-state index >= 15 is 0 Å². The quantitative estimate of drug-likeness (QED) is 0.616. The molecule has 1 aromatic heterocycles. The first kappa shape index (κ1) is 18.7. The maximum Gasteiger partial charge on any atom is 0.241 e. The molecule has 3 aromatic rings. The Labute approximate surface area is 159 Å². The van der Waals surface area contributed by atoms with Gasteiger partial charge in [0.15, 0.2) is 0 Å². The van der Waals surface area contributed by atoms with Crippen molar-refractivity contribution in [1.29, 1.82) is 0 Å². The molecule has 0 spiro atoms. The van der Waals surface area contributed by atoms with Crippen LogP contribution >= 0.6 is 0 Å². The molecule has 0 saturated heterocycles. The summed E-state index contributed by atoms with van der Waals surface area (Å²) in [5.41, 5.74) is 1.84. The molecule has 2 aromatic carbocycles. The van der Waals surface area contributed by atoms with Crippen LogP contribution in [0.1, 0.15) is 31.2 Å². The molecule has 0 unspecified atom stereocenters. The lowest BCUT2D eigenvalue weighted by Crippen LogP contribution is -2.39. The third kappa shape index (κ3) is 5.46. The highest BCUT2D eigenvalue weighted by molar-refractivity contribution is 5.94. The van der Waals surface area contributed by atoms with Crippen molar-refractivity contribution in [2.75, 3.05) is 5.32 Å². The highest BCUT2D eigenvalue weighted by Crippen LogP contribution is 2.18. The van der Waals surface area contributed by atoms with Gasteiger partial charge in [0.05, 0.1) is 18.3 Å². The lowest BCUT2D eigenvalue weighted by Gasteiger charge is -2.18. The number of furan rings is 1. The van der Waals surface area contributed by atoms with E-state index in [2.05, 4.69) is 10.6 Å². The smallest absolute Gasteiger partial charge is 0.241 e. The first-order chi connectivity index (χ1) is 13.1. The highest BCUT2D eigenvalue weighted by Gasteiger charge is 2.17. The molecule has 1 amide bonds. The molecule has 0 fully saturated rings. The zero-order valence-corrected chi connectivity index (χ0v) is 15.5. The van der Waals surface area contributed by atoms with Crippen LogP contribution in [0.25, 0.3) is 0 Å². The van der Waals surface area contributed by atoms with Crippen LogP contribution in [-0.2, 0) is 11.4 Å². The molecule has 0 aliphatic rings. The van der Waals surface area contributed by atoms with Gasteiger partial charge >= 0.3 is 0 Å². The van der Waals surface area contributed by atoms with Crippen LogP contribution in [-0.4, -0.2) is 11.9 Å². The molecular formula is C22H24N2O3. The van der Waals surface area contributed by atoms with Crippen molar-refractivity contribution in [2.24, 2.45) is 0 Å². The Hall–Kier alpha value is -3.05. The number of carbonyl (C=O) groups is 1. The van der Waals surface area contributed by atoms with Crippen molar-refractivity contribution >= 4 is 11.6 Å². The maximum absolute atomic E-state index is 12.4. The fourth-order valence-corrected chi connectivity index (χ4v) is 2.70. The van der Waals surface area contributed by atoms with Crippen molar-refractivity contribution in [3.8, 4) is 5.75 Å². The van der Waals surface area contributed by atoms with Crippen molar-refractivity contribution < 1.29 is 13.9 Å². The number of amides is 1. The van der Waals surface area contributed by atoms with Crippen LogP contribution in [0, 0.1) is 0 Å². The second kappa shape index (κ2) is 9.05. The SMILES string of the molecule is C[C@H](N[C@H](C)C(=O)Nc1ccc(OCc2ccccc2)cc1)c1ccco1. The van der Waals surface area contributed by atoms with Gasteiger partial charge in [-0.3, -0.25) is 10.1 Å². The minimum Gasteiger partial charge on any atom is -0.489 e. The van der Waals surface area contributed by atoms with E-state index < -0.39 is 0 Å². The van der Waals surface area contributed by atoms with Crippen LogP contribution in [0.3, 0.4) is 0 Å². The average molecular weight is 364 g/mol. The third-order valence-corrected chi connectivity index (χ3v) is 4.23. The molecule has 3 rings (SSSR count). The third-order valence-electron chi connectivity index (χ3n) is 4.23. The molecule has 0 radical (unpaired) electrons. The Kier molecular flexibility index (Phi) is 6.28. The molecule has 0 saturated carbocycles. The number of hydrogen-bond donors (Lipinski definition) is 2. The largest absolute Gasteiger partial charge is 0.489 e. The van der Waals surface area contributed by atoms with E-state index in [0.29, 0.717) is 6.61 Å². The Morgan fingerprint density at radius 3 is 2.41 bits per heavy atom. The molecule has 27 heavy (non-hydrogen) atoms. The molecule has 140 valence electrons. The van der Waals surface area contributed by atoms with E-state index in [4.69, 9.17) is 9.15 Å². The van der Waals surface area contributed by atoms with Gasteiger partial charge < -0.3 is 14.5 Å². The lowest BCUT2D eigenvalue weighted by molar-refractivity contribution is -0.118. The fraction of sp³-hybridized carbons (Fsp3) is 0.227. The standard InChI is InChI=1S/C22H24N2O3/c1-16(21-9-6-14-26-21)23-17(2)22(25)24-19-10-12-20(13-11-19)27-15-18-7-4-3-5-8-18/h3-14,16-17,23H,15H2,1-2H3,(H,24,25)/t16-,17+/m0/s1. The predicted octanol–water partition coefficient (Wildman–Crippen LogP) is 4.54. The minimum atomic E-state index is -0.362. The Balaban J connectivity index is 1.49. The van der Waals surface area contributed by atoms with E-state index in [9.17, 15) is 4.79 Å². The molecule has 1 heterocycles. The van der Waals surface area contributed by atoms with Crippen LogP contribution in [0.4, 0.5) is 5.69 Å². The zero-order chi connectivity index (χ0) is 19.1. The summed E-state index contributed by atoms with van der Waals surface area (Å²) in [7, 11) is 0. The number of anilines is 1. The van der Waals surface area contributed by atoms with Gasteiger partial charge in [-0.15, -0.1) is 0 Å². The van der Waals surface area contributed by atoms with E-state index in [0.717, 1.165) is 22.8 Å². The van der Waals surface area contributed by atoms with Gasteiger partial charge in [0, 0.05) is 5.69 Å². The number of hydrogen-bond acceptors (Lipinski definition) is 4. The van der Waals surface area contributed by atoms with Crippen molar-refractivity contribution in [2.45, 2.75) is 32.5 Å². The van der Waals surface area contributed by atoms with E-state index in [1.54, 1.807) is 6.26 Å². The molecular weight excluding hydrogens is 340 g/mol. The van der Waals surface area contributed by atoms with E-state index in [-0.39, 0.29) is 18.0 Å². The number of benzene rings is 2. The van der Waals surface area contributed by atoms with Gasteiger partial charge in [-0.2, -0.15) is 0 Å². The van der Waals surface area contributed by atoms with Crippen LogP contribution in [0.2, 0.25) is 0 Å². The second-order valence-electron chi connectivity index (χ2n) is 6.41. The average Bonchev–Trinajstić information content (AvgIpc) is 3.23. The van der Waals surface area contributed by atoms with Crippen molar-refractivity contribution in [1.82, 2.24) is 5.32 Å². The monoisotopic (exact) mass is 364 g/mol. The van der Waals surface area contributed by atoms with Crippen LogP contribution in [0.15, 0.2) is 77.4 Å². The van der Waals surface area contributed by atoms with E-state index in [1.165, 1.54) is 0 Å². The van der Waals surface area contributed by atoms with Gasteiger partial charge in [0.2, 0.25) is 5.91 Å². The Bertz CT molecular complexity index is 830. The van der Waals surface area contributed by atoms with Gasteiger partial charge in [0.25, 0.3) is 0 Å². The molecule has 2 atom stereocenters. The van der Waals surface area contributed by atoms with E-state index in [1.807, 2.05) is 80.6 Å². The molecule has 2 N–H and O–H groups in total. The molecule has 0 bridgehead atoms. The number of carbonyl (C=O) groups excluding carboxylic acids is 1. The predicted molar refractivity (Wildman–Crippen MR) is 106 cm³/mol. The van der Waals surface area contributed by atoms with Crippen LogP contribution in [0.5, 0.6) is 5.75 Å². The summed E-state index contributed by atoms with van der Waals surface area (Å²) < 4.78 is 11.1. The highest BCUT2D eigenvalue weighted by atomic mass is 16.5. The van der Waals surface area contributed by atoms with Gasteiger partial charge in [-0.1, -0.05) is 30.3 Å². The summed E-state index contributed by atoms with van der Waals surface area (Å²) in [6, 6.07) is 20.7. The maximum atomic E-state index is 12.4. The summed E-state index contributed by atoms with van der Waals surface area (Å²) >= 11 is 0. The normalized spacial score (nSPS) is 13.0. The summed E-state index contributed by atoms with van der Waals surface area (Å²) in [4.78, 5) is 12.4. The number of nitrogens with one attached hydrogen (secondary N) is 2. The molecule has 0 aliphatic carbocycles. The second-order valence-corrected chi connectivity index (χ2v) is 6.41. The molecule has 0 aliphatic heterocycles. The Morgan fingerprint density at radius 2 is 1.74 bits per heavy atom. The van der Waals surface area contributed by atoms with Gasteiger partial charge in [-0.05, 0) is 55.8 Å². The zero-order valence-electron chi connectivity index (χ0n) is 15.5. The van der Waals surface area contributed by atoms with Gasteiger partial charge in [0.1, 0.15) is 18.1 Å². The number of rotatable bonds is 8. The fourth-order valence-electron chi connectivity index (χ4n) is 2.70. The lowest BCUT2D eigenvalue weighted by atomic mass is 10.2. The molecule has 5 nitrogen and oxygen atoms in total. The summed E-state index contributed by atoms with van der Waals surface area (Å²) in [5, 5.41) is 6.13. The minimum absolute atomic E-state index is 0.0467. The number of ether oxygens (including phenoxy) is 1. The topological polar surface area (TPSA) is 63.5 Å². The van der Waals surface area contributed by atoms with Crippen molar-refractivity contribution in [3.05, 3.63) is 84.3 Å².